The average molecular weight is 221 g/mol. The normalized spacial score (nSPS) is 12.4. The molecule has 0 aliphatic rings. The summed E-state index contributed by atoms with van der Waals surface area (Å²) >= 11 is 0. The molecule has 1 atom stereocenters. The van der Waals surface area contributed by atoms with Gasteiger partial charge in [0.25, 0.3) is 0 Å². The van der Waals surface area contributed by atoms with E-state index in [0.717, 1.165) is 5.56 Å². The van der Waals surface area contributed by atoms with Crippen molar-refractivity contribution in [3.8, 4) is 0 Å². The van der Waals surface area contributed by atoms with Crippen molar-refractivity contribution in [2.45, 2.75) is 6.04 Å². The zero-order valence-corrected chi connectivity index (χ0v) is 9.09. The highest BCUT2D eigenvalue weighted by molar-refractivity contribution is 5.81. The molecule has 0 saturated carbocycles. The number of rotatable bonds is 5. The quantitative estimate of drug-likeness (QED) is 0.575. The Labute approximate surface area is 94.6 Å². The lowest BCUT2D eigenvalue weighted by molar-refractivity contribution is -0.134. The highest BCUT2D eigenvalue weighted by atomic mass is 16.5. The Kier molecular flexibility index (Phi) is 5.08. The van der Waals surface area contributed by atoms with Gasteiger partial charge in [0.05, 0.1) is 19.8 Å². The fraction of sp³-hybridized carbons (Fsp3) is 0.250. The molecule has 0 aliphatic carbocycles. The molecular formula is C12H15NO3. The van der Waals surface area contributed by atoms with Crippen LogP contribution in [0.2, 0.25) is 0 Å². The lowest BCUT2D eigenvalue weighted by Gasteiger charge is -2.14. The van der Waals surface area contributed by atoms with Crippen LogP contribution in [0.15, 0.2) is 42.6 Å². The van der Waals surface area contributed by atoms with Crippen molar-refractivity contribution in [2.75, 3.05) is 13.7 Å². The van der Waals surface area contributed by atoms with Crippen molar-refractivity contribution >= 4 is 5.97 Å². The lowest BCUT2D eigenvalue weighted by atomic mass is 10.1. The standard InChI is InChI=1S/C12H15NO3/c1-16-12(15)7-8-13-11(9-14)10-5-3-2-4-6-10/h2-8,11,13-14H,9H2,1H3/b8-7+/t11-/m0/s1. The minimum atomic E-state index is -0.433. The number of aliphatic hydroxyl groups is 1. The highest BCUT2D eigenvalue weighted by Crippen LogP contribution is 2.10. The monoisotopic (exact) mass is 221 g/mol. The summed E-state index contributed by atoms with van der Waals surface area (Å²) in [6, 6.07) is 9.28. The molecule has 0 amide bonds. The second kappa shape index (κ2) is 6.63. The first-order valence-electron chi connectivity index (χ1n) is 4.94. The van der Waals surface area contributed by atoms with Crippen molar-refractivity contribution in [1.82, 2.24) is 5.32 Å². The van der Waals surface area contributed by atoms with Gasteiger partial charge in [-0.3, -0.25) is 0 Å². The Balaban J connectivity index is 2.57. The maximum Gasteiger partial charge on any atom is 0.331 e. The van der Waals surface area contributed by atoms with Crippen molar-refractivity contribution in [3.63, 3.8) is 0 Å². The molecule has 4 heteroatoms. The number of hydrogen-bond acceptors (Lipinski definition) is 4. The van der Waals surface area contributed by atoms with Gasteiger partial charge in [0.2, 0.25) is 0 Å². The van der Waals surface area contributed by atoms with E-state index in [2.05, 4.69) is 10.1 Å². The molecular weight excluding hydrogens is 206 g/mol. The predicted octanol–water partition coefficient (Wildman–Crippen LogP) is 0.996. The van der Waals surface area contributed by atoms with Crippen LogP contribution in [0.4, 0.5) is 0 Å². The van der Waals surface area contributed by atoms with Gasteiger partial charge in [-0.15, -0.1) is 0 Å². The van der Waals surface area contributed by atoms with Crippen LogP contribution in [0.3, 0.4) is 0 Å². The number of hydrogen-bond donors (Lipinski definition) is 2. The largest absolute Gasteiger partial charge is 0.466 e. The van der Waals surface area contributed by atoms with Crippen LogP contribution >= 0.6 is 0 Å². The van der Waals surface area contributed by atoms with Crippen LogP contribution < -0.4 is 5.32 Å². The number of ether oxygens (including phenoxy) is 1. The molecule has 0 saturated heterocycles. The summed E-state index contributed by atoms with van der Waals surface area (Å²) in [5, 5.41) is 12.1. The lowest BCUT2D eigenvalue weighted by Crippen LogP contribution is -2.19. The number of methoxy groups -OCH3 is 1. The third kappa shape index (κ3) is 3.74. The van der Waals surface area contributed by atoms with Crippen molar-refractivity contribution in [1.29, 1.82) is 0 Å². The van der Waals surface area contributed by atoms with E-state index in [4.69, 9.17) is 0 Å². The summed E-state index contributed by atoms with van der Waals surface area (Å²) in [6.07, 6.45) is 2.74. The minimum absolute atomic E-state index is 0.0461. The van der Waals surface area contributed by atoms with E-state index in [-0.39, 0.29) is 12.6 Å². The van der Waals surface area contributed by atoms with E-state index >= 15 is 0 Å². The van der Waals surface area contributed by atoms with Crippen molar-refractivity contribution < 1.29 is 14.6 Å². The van der Waals surface area contributed by atoms with Crippen molar-refractivity contribution in [2.24, 2.45) is 0 Å². The first kappa shape index (κ1) is 12.3. The molecule has 2 N–H and O–H groups in total. The van der Waals surface area contributed by atoms with E-state index < -0.39 is 5.97 Å². The zero-order chi connectivity index (χ0) is 11.8. The van der Waals surface area contributed by atoms with Crippen LogP contribution in [0, 0.1) is 0 Å². The first-order chi connectivity index (χ1) is 7.77. The number of carbonyl (C=O) groups is 1. The van der Waals surface area contributed by atoms with Gasteiger partial charge in [-0.2, -0.15) is 0 Å². The van der Waals surface area contributed by atoms with Gasteiger partial charge in [0.15, 0.2) is 0 Å². The number of carbonyl (C=O) groups excluding carboxylic acids is 1. The van der Waals surface area contributed by atoms with Crippen LogP contribution in [-0.2, 0) is 9.53 Å². The summed E-state index contributed by atoms with van der Waals surface area (Å²) < 4.78 is 4.44. The van der Waals surface area contributed by atoms with Gasteiger partial charge in [0.1, 0.15) is 0 Å². The highest BCUT2D eigenvalue weighted by Gasteiger charge is 2.06. The number of nitrogens with one attached hydrogen (secondary N) is 1. The molecule has 16 heavy (non-hydrogen) atoms. The molecule has 0 radical (unpaired) electrons. The van der Waals surface area contributed by atoms with E-state index in [0.29, 0.717) is 0 Å². The van der Waals surface area contributed by atoms with E-state index in [1.54, 1.807) is 0 Å². The van der Waals surface area contributed by atoms with Gasteiger partial charge in [-0.05, 0) is 5.56 Å². The molecule has 0 heterocycles. The van der Waals surface area contributed by atoms with Gasteiger partial charge in [0, 0.05) is 12.3 Å². The molecule has 0 aliphatic heterocycles. The Morgan fingerprint density at radius 3 is 2.75 bits per heavy atom. The topological polar surface area (TPSA) is 58.6 Å². The third-order valence-electron chi connectivity index (χ3n) is 2.10. The number of benzene rings is 1. The second-order valence-electron chi connectivity index (χ2n) is 3.17. The first-order valence-corrected chi connectivity index (χ1v) is 4.94. The van der Waals surface area contributed by atoms with Crippen LogP contribution in [0.5, 0.6) is 0 Å². The van der Waals surface area contributed by atoms with Gasteiger partial charge >= 0.3 is 5.97 Å². The van der Waals surface area contributed by atoms with Crippen molar-refractivity contribution in [3.05, 3.63) is 48.2 Å². The third-order valence-corrected chi connectivity index (χ3v) is 2.10. The fourth-order valence-electron chi connectivity index (χ4n) is 1.24. The summed E-state index contributed by atoms with van der Waals surface area (Å²) in [5.74, 6) is -0.433. The summed E-state index contributed by atoms with van der Waals surface area (Å²) in [5.41, 5.74) is 0.958. The van der Waals surface area contributed by atoms with E-state index in [9.17, 15) is 9.90 Å². The Morgan fingerprint density at radius 1 is 1.50 bits per heavy atom. The minimum Gasteiger partial charge on any atom is -0.466 e. The predicted molar refractivity (Wildman–Crippen MR) is 60.6 cm³/mol. The smallest absolute Gasteiger partial charge is 0.331 e. The molecule has 0 bridgehead atoms. The molecule has 0 spiro atoms. The summed E-state index contributed by atoms with van der Waals surface area (Å²) in [7, 11) is 1.31. The number of aliphatic hydroxyl groups excluding tert-OH is 1. The fourth-order valence-corrected chi connectivity index (χ4v) is 1.24. The van der Waals surface area contributed by atoms with E-state index in [1.807, 2.05) is 30.3 Å². The van der Waals surface area contributed by atoms with Crippen LogP contribution in [0.1, 0.15) is 11.6 Å². The SMILES string of the molecule is COC(=O)/C=C/N[C@@H](CO)c1ccccc1. The van der Waals surface area contributed by atoms with Crippen LogP contribution in [-0.4, -0.2) is 24.8 Å². The summed E-state index contributed by atoms with van der Waals surface area (Å²) in [4.78, 5) is 10.8. The Hall–Kier alpha value is -1.81. The van der Waals surface area contributed by atoms with Gasteiger partial charge < -0.3 is 15.2 Å². The maximum atomic E-state index is 10.8. The molecule has 0 aromatic heterocycles. The molecule has 4 nitrogen and oxygen atoms in total. The van der Waals surface area contributed by atoms with E-state index in [1.165, 1.54) is 19.4 Å². The summed E-state index contributed by atoms with van der Waals surface area (Å²) in [6.45, 7) is -0.0461. The Morgan fingerprint density at radius 2 is 2.19 bits per heavy atom. The molecule has 1 rings (SSSR count). The Bertz CT molecular complexity index is 349. The zero-order valence-electron chi connectivity index (χ0n) is 9.09. The van der Waals surface area contributed by atoms with Gasteiger partial charge in [-0.25, -0.2) is 4.79 Å². The molecule has 0 unspecified atom stereocenters. The molecule has 0 fully saturated rings. The average Bonchev–Trinajstić information content (AvgIpc) is 2.35. The second-order valence-corrected chi connectivity index (χ2v) is 3.17. The maximum absolute atomic E-state index is 10.8. The molecule has 86 valence electrons. The number of esters is 1. The van der Waals surface area contributed by atoms with Crippen LogP contribution in [0.25, 0.3) is 0 Å². The molecule has 1 aromatic rings. The van der Waals surface area contributed by atoms with Gasteiger partial charge in [-0.1, -0.05) is 30.3 Å². The molecule has 1 aromatic carbocycles.